The van der Waals surface area contributed by atoms with Gasteiger partial charge in [-0.1, -0.05) is 0 Å². The number of amides is 1. The fourth-order valence-electron chi connectivity index (χ4n) is 2.25. The summed E-state index contributed by atoms with van der Waals surface area (Å²) < 4.78 is 72.4. The van der Waals surface area contributed by atoms with Crippen LogP contribution in [-0.4, -0.2) is 31.6 Å². The molecule has 2 rings (SSSR count). The minimum atomic E-state index is -4.79. The number of nitrogens with zero attached hydrogens (tertiary/aromatic N) is 2. The van der Waals surface area contributed by atoms with Gasteiger partial charge < -0.3 is 4.90 Å². The van der Waals surface area contributed by atoms with Gasteiger partial charge in [-0.05, 0) is 6.07 Å². The second kappa shape index (κ2) is 5.24. The molecule has 1 atom stereocenters. The van der Waals surface area contributed by atoms with Gasteiger partial charge in [-0.25, -0.2) is 0 Å². The van der Waals surface area contributed by atoms with Crippen LogP contribution >= 0.6 is 0 Å². The van der Waals surface area contributed by atoms with E-state index in [0.717, 1.165) is 23.4 Å². The SMILES string of the molecule is O=C1CC(CS(=O)(=O)F)CN1c1cnccc1C(F)(F)F. The summed E-state index contributed by atoms with van der Waals surface area (Å²) in [6.07, 6.45) is -3.18. The van der Waals surface area contributed by atoms with Crippen molar-refractivity contribution in [2.75, 3.05) is 17.2 Å². The van der Waals surface area contributed by atoms with Gasteiger partial charge in [0.05, 0.1) is 23.2 Å². The molecule has 0 aliphatic carbocycles. The molecule has 1 amide bonds. The van der Waals surface area contributed by atoms with Gasteiger partial charge in [0.25, 0.3) is 0 Å². The van der Waals surface area contributed by atoms with E-state index in [0.29, 0.717) is 0 Å². The Balaban J connectivity index is 2.30. The quantitative estimate of drug-likeness (QED) is 0.627. The Morgan fingerprint density at radius 3 is 2.62 bits per heavy atom. The summed E-state index contributed by atoms with van der Waals surface area (Å²) in [6, 6.07) is 0.724. The van der Waals surface area contributed by atoms with Gasteiger partial charge in [0, 0.05) is 25.1 Å². The molecule has 0 aromatic carbocycles. The van der Waals surface area contributed by atoms with E-state index >= 15 is 0 Å². The number of hydrogen-bond acceptors (Lipinski definition) is 4. The lowest BCUT2D eigenvalue weighted by molar-refractivity contribution is -0.137. The molecule has 5 nitrogen and oxygen atoms in total. The fraction of sp³-hybridized carbons (Fsp3) is 0.455. The van der Waals surface area contributed by atoms with Crippen molar-refractivity contribution in [2.45, 2.75) is 12.6 Å². The molecule has 0 radical (unpaired) electrons. The lowest BCUT2D eigenvalue weighted by atomic mass is 10.1. The summed E-state index contributed by atoms with van der Waals surface area (Å²) >= 11 is 0. The van der Waals surface area contributed by atoms with E-state index in [4.69, 9.17) is 0 Å². The topological polar surface area (TPSA) is 67.3 Å². The fourth-order valence-corrected chi connectivity index (χ4v) is 3.03. The summed E-state index contributed by atoms with van der Waals surface area (Å²) in [5.41, 5.74) is -1.50. The predicted octanol–water partition coefficient (Wildman–Crippen LogP) is 1.75. The molecule has 1 fully saturated rings. The number of alkyl halides is 3. The Kier molecular flexibility index (Phi) is 3.91. The van der Waals surface area contributed by atoms with Crippen LogP contribution in [0.1, 0.15) is 12.0 Å². The van der Waals surface area contributed by atoms with Crippen molar-refractivity contribution in [1.82, 2.24) is 4.98 Å². The van der Waals surface area contributed by atoms with Gasteiger partial charge in [-0.15, -0.1) is 3.89 Å². The van der Waals surface area contributed by atoms with Gasteiger partial charge in [0.1, 0.15) is 0 Å². The molecule has 1 aliphatic rings. The second-order valence-electron chi connectivity index (χ2n) is 4.67. The second-order valence-corrected chi connectivity index (χ2v) is 6.08. The zero-order chi connectivity index (χ0) is 15.8. The maximum absolute atomic E-state index is 12.9. The molecule has 0 N–H and O–H groups in total. The van der Waals surface area contributed by atoms with Gasteiger partial charge in [0.2, 0.25) is 5.91 Å². The van der Waals surface area contributed by atoms with E-state index in [-0.39, 0.29) is 13.0 Å². The van der Waals surface area contributed by atoms with Crippen LogP contribution in [0.3, 0.4) is 0 Å². The van der Waals surface area contributed by atoms with E-state index in [9.17, 15) is 30.3 Å². The molecule has 1 unspecified atom stereocenters. The van der Waals surface area contributed by atoms with Crippen LogP contribution in [0.15, 0.2) is 18.5 Å². The zero-order valence-corrected chi connectivity index (χ0v) is 11.3. The smallest absolute Gasteiger partial charge is 0.310 e. The Morgan fingerprint density at radius 2 is 2.05 bits per heavy atom. The molecule has 1 aliphatic heterocycles. The van der Waals surface area contributed by atoms with Crippen molar-refractivity contribution >= 4 is 21.8 Å². The molecule has 2 heterocycles. The molecule has 1 aromatic heterocycles. The van der Waals surface area contributed by atoms with Gasteiger partial charge in [-0.3, -0.25) is 9.78 Å². The molecule has 1 aromatic rings. The highest BCUT2D eigenvalue weighted by Gasteiger charge is 2.40. The number of pyridine rings is 1. The highest BCUT2D eigenvalue weighted by Crippen LogP contribution is 2.38. The Morgan fingerprint density at radius 1 is 1.38 bits per heavy atom. The first-order chi connectivity index (χ1) is 9.58. The summed E-state index contributed by atoms with van der Waals surface area (Å²) in [4.78, 5) is 16.1. The monoisotopic (exact) mass is 326 g/mol. The van der Waals surface area contributed by atoms with E-state index in [1.54, 1.807) is 0 Å². The standard InChI is InChI=1S/C11H10F4N2O3S/c12-11(13,14)8-1-2-16-4-9(8)17-5-7(3-10(17)18)6-21(15,19)20/h1-2,4,7H,3,5-6H2. The van der Waals surface area contributed by atoms with Crippen molar-refractivity contribution in [1.29, 1.82) is 0 Å². The number of hydrogen-bond donors (Lipinski definition) is 0. The van der Waals surface area contributed by atoms with Crippen molar-refractivity contribution in [2.24, 2.45) is 5.92 Å². The summed E-state index contributed by atoms with van der Waals surface area (Å²) in [5, 5.41) is 0. The number of rotatable bonds is 3. The minimum absolute atomic E-state index is 0.295. The van der Waals surface area contributed by atoms with Crippen LogP contribution in [-0.2, 0) is 21.2 Å². The predicted molar refractivity (Wildman–Crippen MR) is 64.6 cm³/mol. The molecule has 0 bridgehead atoms. The normalized spacial score (nSPS) is 20.1. The van der Waals surface area contributed by atoms with Crippen molar-refractivity contribution in [3.8, 4) is 0 Å². The first-order valence-electron chi connectivity index (χ1n) is 5.82. The largest absolute Gasteiger partial charge is 0.418 e. The molecular weight excluding hydrogens is 316 g/mol. The number of halogens is 4. The van der Waals surface area contributed by atoms with E-state index in [2.05, 4.69) is 4.98 Å². The molecule has 10 heteroatoms. The Hall–Kier alpha value is -1.71. The zero-order valence-electron chi connectivity index (χ0n) is 10.5. The van der Waals surface area contributed by atoms with Gasteiger partial charge >= 0.3 is 16.4 Å². The third kappa shape index (κ3) is 3.69. The summed E-state index contributed by atoms with van der Waals surface area (Å²) in [7, 11) is -4.79. The molecule has 1 saturated heterocycles. The summed E-state index contributed by atoms with van der Waals surface area (Å²) in [6.45, 7) is -0.295. The molecule has 116 valence electrons. The minimum Gasteiger partial charge on any atom is -0.310 e. The van der Waals surface area contributed by atoms with E-state index < -0.39 is 45.2 Å². The lowest BCUT2D eigenvalue weighted by Gasteiger charge is -2.20. The Bertz CT molecular complexity index is 660. The molecule has 0 saturated carbocycles. The van der Waals surface area contributed by atoms with Crippen LogP contribution in [0.25, 0.3) is 0 Å². The average Bonchev–Trinajstić information content (AvgIpc) is 2.66. The molecule has 21 heavy (non-hydrogen) atoms. The highest BCUT2D eigenvalue weighted by atomic mass is 32.3. The number of aromatic nitrogens is 1. The van der Waals surface area contributed by atoms with Crippen molar-refractivity contribution in [3.05, 3.63) is 24.0 Å². The van der Waals surface area contributed by atoms with E-state index in [1.165, 1.54) is 0 Å². The average molecular weight is 326 g/mol. The van der Waals surface area contributed by atoms with Crippen LogP contribution in [0.5, 0.6) is 0 Å². The molecule has 0 spiro atoms. The first-order valence-corrected chi connectivity index (χ1v) is 7.37. The number of carbonyl (C=O) groups excluding carboxylic acids is 1. The lowest BCUT2D eigenvalue weighted by Crippen LogP contribution is -2.28. The van der Waals surface area contributed by atoms with Crippen LogP contribution < -0.4 is 4.90 Å². The first kappa shape index (κ1) is 15.7. The summed E-state index contributed by atoms with van der Waals surface area (Å²) in [5.74, 6) is -2.47. The van der Waals surface area contributed by atoms with Crippen LogP contribution in [0.4, 0.5) is 22.7 Å². The van der Waals surface area contributed by atoms with Crippen LogP contribution in [0, 0.1) is 5.92 Å². The maximum Gasteiger partial charge on any atom is 0.418 e. The van der Waals surface area contributed by atoms with Gasteiger partial charge in [-0.2, -0.15) is 21.6 Å². The Labute approximate surface area is 117 Å². The van der Waals surface area contributed by atoms with Crippen molar-refractivity contribution < 1.29 is 30.3 Å². The van der Waals surface area contributed by atoms with Crippen molar-refractivity contribution in [3.63, 3.8) is 0 Å². The number of carbonyl (C=O) groups is 1. The third-order valence-corrected chi connectivity index (χ3v) is 3.91. The maximum atomic E-state index is 12.9. The van der Waals surface area contributed by atoms with Crippen LogP contribution in [0.2, 0.25) is 0 Å². The third-order valence-electron chi connectivity index (χ3n) is 3.04. The number of anilines is 1. The van der Waals surface area contributed by atoms with Gasteiger partial charge in [0.15, 0.2) is 0 Å². The molecular formula is C11H10F4N2O3S. The van der Waals surface area contributed by atoms with E-state index in [1.807, 2.05) is 0 Å². The highest BCUT2D eigenvalue weighted by molar-refractivity contribution is 7.86.